The second kappa shape index (κ2) is 15.6. The van der Waals surface area contributed by atoms with Crippen molar-refractivity contribution in [1.82, 2.24) is 10.3 Å². The van der Waals surface area contributed by atoms with Crippen molar-refractivity contribution in [2.45, 2.75) is 47.5 Å². The fraction of sp³-hybridized carbons (Fsp3) is 0.355. The number of benzene rings is 2. The topological polar surface area (TPSA) is 82.8 Å². The Balaban J connectivity index is 2.25. The first kappa shape index (κ1) is 29.7. The fourth-order valence-electron chi connectivity index (χ4n) is 4.11. The van der Waals surface area contributed by atoms with Crippen LogP contribution in [0.1, 0.15) is 57.2 Å². The first-order chi connectivity index (χ1) is 17.8. The van der Waals surface area contributed by atoms with Crippen molar-refractivity contribution < 1.29 is 9.84 Å². The van der Waals surface area contributed by atoms with Gasteiger partial charge in [0.1, 0.15) is 5.76 Å². The summed E-state index contributed by atoms with van der Waals surface area (Å²) >= 11 is 0. The van der Waals surface area contributed by atoms with Gasteiger partial charge in [-0.2, -0.15) is 0 Å². The lowest BCUT2D eigenvalue weighted by molar-refractivity contribution is 0.238. The van der Waals surface area contributed by atoms with Gasteiger partial charge in [0.25, 0.3) is 0 Å². The molecule has 0 aliphatic carbocycles. The molecule has 0 aromatic heterocycles. The highest BCUT2D eigenvalue weighted by molar-refractivity contribution is 5.69. The Morgan fingerprint density at radius 1 is 1.03 bits per heavy atom. The zero-order valence-corrected chi connectivity index (χ0v) is 23.2. The van der Waals surface area contributed by atoms with Gasteiger partial charge in [-0.3, -0.25) is 5.84 Å². The predicted octanol–water partition coefficient (Wildman–Crippen LogP) is 6.39. The number of rotatable bonds is 14. The van der Waals surface area contributed by atoms with E-state index in [2.05, 4.69) is 104 Å². The van der Waals surface area contributed by atoms with E-state index in [1.165, 1.54) is 16.7 Å². The number of aryl methyl sites for hydroxylation is 1. The molecule has 6 nitrogen and oxygen atoms in total. The van der Waals surface area contributed by atoms with Crippen molar-refractivity contribution in [3.05, 3.63) is 101 Å². The molecule has 0 amide bonds. The van der Waals surface area contributed by atoms with Crippen LogP contribution in [-0.4, -0.2) is 30.3 Å². The summed E-state index contributed by atoms with van der Waals surface area (Å²) in [6, 6.07) is 16.9. The molecule has 37 heavy (non-hydrogen) atoms. The van der Waals surface area contributed by atoms with Gasteiger partial charge in [0.05, 0.1) is 7.11 Å². The fourth-order valence-corrected chi connectivity index (χ4v) is 4.11. The second-order valence-electron chi connectivity index (χ2n) is 9.37. The molecule has 1 unspecified atom stereocenters. The molecule has 2 aromatic rings. The number of aliphatic hydroxyl groups excluding tert-OH is 1. The van der Waals surface area contributed by atoms with Crippen LogP contribution < -0.4 is 16.6 Å². The first-order valence-corrected chi connectivity index (χ1v) is 12.9. The largest absolute Gasteiger partial charge is 0.496 e. The van der Waals surface area contributed by atoms with Crippen molar-refractivity contribution in [2.75, 3.05) is 25.6 Å². The molecule has 0 radical (unpaired) electrons. The highest BCUT2D eigenvalue weighted by Crippen LogP contribution is 2.23. The minimum Gasteiger partial charge on any atom is -0.496 e. The van der Waals surface area contributed by atoms with E-state index in [1.54, 1.807) is 19.4 Å². The molecule has 0 aliphatic rings. The maximum Gasteiger partial charge on any atom is 0.123 e. The third-order valence-corrected chi connectivity index (χ3v) is 6.39. The third-order valence-electron chi connectivity index (χ3n) is 6.39. The Morgan fingerprint density at radius 3 is 2.24 bits per heavy atom. The van der Waals surface area contributed by atoms with Crippen molar-refractivity contribution >= 4 is 16.8 Å². The van der Waals surface area contributed by atoms with Crippen LogP contribution in [0.4, 0.5) is 5.69 Å². The molecule has 2 rings (SSSR count). The van der Waals surface area contributed by atoms with Crippen LogP contribution in [-0.2, 0) is 4.74 Å². The normalized spacial score (nSPS) is 13.8. The Hall–Kier alpha value is -3.48. The van der Waals surface area contributed by atoms with Gasteiger partial charge in [0, 0.05) is 43.1 Å². The molecule has 0 aliphatic heterocycles. The molecule has 0 spiro atoms. The molecule has 6 heteroatoms. The number of allylic oxidation sites excluding steroid dienone is 4. The number of hydrogen-bond donors (Lipinski definition) is 4. The molecule has 1 atom stereocenters. The van der Waals surface area contributed by atoms with Crippen LogP contribution in [0.25, 0.3) is 11.1 Å². The maximum atomic E-state index is 9.51. The smallest absolute Gasteiger partial charge is 0.123 e. The number of methoxy groups -OCH3 is 1. The van der Waals surface area contributed by atoms with Crippen molar-refractivity contribution in [2.24, 2.45) is 11.8 Å². The monoisotopic (exact) mass is 504 g/mol. The first-order valence-electron chi connectivity index (χ1n) is 12.9. The summed E-state index contributed by atoms with van der Waals surface area (Å²) < 4.78 is 5.48. The Kier molecular flexibility index (Phi) is 12.5. The SMILES string of the molecule is CCC(CCO)CN(/C=C(\C)Nc1ccc(/C(C)=C(/C=C\NN)OC)cc1)/C=C(\C)c1ccc(C)cc1. The summed E-state index contributed by atoms with van der Waals surface area (Å²) in [5.74, 6) is 6.49. The van der Waals surface area contributed by atoms with E-state index in [9.17, 15) is 5.11 Å². The highest BCUT2D eigenvalue weighted by Gasteiger charge is 2.11. The van der Waals surface area contributed by atoms with Crippen LogP contribution >= 0.6 is 0 Å². The number of ether oxygens (including phenoxy) is 1. The number of hydrogen-bond acceptors (Lipinski definition) is 6. The van der Waals surface area contributed by atoms with E-state index < -0.39 is 0 Å². The number of anilines is 1. The average molecular weight is 505 g/mol. The van der Waals surface area contributed by atoms with Crippen molar-refractivity contribution in [3.63, 3.8) is 0 Å². The molecule has 2 aromatic carbocycles. The quantitative estimate of drug-likeness (QED) is 0.103. The van der Waals surface area contributed by atoms with E-state index in [0.29, 0.717) is 5.92 Å². The maximum absolute atomic E-state index is 9.51. The van der Waals surface area contributed by atoms with E-state index in [-0.39, 0.29) is 6.61 Å². The number of aliphatic hydroxyl groups is 1. The summed E-state index contributed by atoms with van der Waals surface area (Å²) in [5, 5.41) is 13.0. The van der Waals surface area contributed by atoms with Crippen LogP contribution in [0.3, 0.4) is 0 Å². The summed E-state index contributed by atoms with van der Waals surface area (Å²) in [4.78, 5) is 2.24. The van der Waals surface area contributed by atoms with Crippen molar-refractivity contribution in [3.8, 4) is 0 Å². The van der Waals surface area contributed by atoms with Gasteiger partial charge in [0.2, 0.25) is 0 Å². The highest BCUT2D eigenvalue weighted by atomic mass is 16.5. The molecular formula is C31H44N4O2. The molecule has 0 saturated heterocycles. The van der Waals surface area contributed by atoms with Crippen LogP contribution in [0.2, 0.25) is 0 Å². The molecule has 0 saturated carbocycles. The zero-order chi connectivity index (χ0) is 27.2. The van der Waals surface area contributed by atoms with Gasteiger partial charge in [0.15, 0.2) is 0 Å². The summed E-state index contributed by atoms with van der Waals surface area (Å²) in [6.07, 6.45) is 9.59. The zero-order valence-electron chi connectivity index (χ0n) is 23.2. The minimum atomic E-state index is 0.206. The van der Waals surface area contributed by atoms with Gasteiger partial charge in [-0.05, 0) is 80.5 Å². The Labute approximate surface area is 223 Å². The number of nitrogens with one attached hydrogen (secondary N) is 2. The van der Waals surface area contributed by atoms with Crippen LogP contribution in [0.15, 0.2) is 84.7 Å². The number of nitrogens with zero attached hydrogens (tertiary/aromatic N) is 1. The van der Waals surface area contributed by atoms with Gasteiger partial charge in [-0.15, -0.1) is 0 Å². The summed E-state index contributed by atoms with van der Waals surface area (Å²) in [5.41, 5.74) is 10.3. The van der Waals surface area contributed by atoms with Gasteiger partial charge in [-0.1, -0.05) is 55.3 Å². The Morgan fingerprint density at radius 2 is 1.68 bits per heavy atom. The lowest BCUT2D eigenvalue weighted by atomic mass is 10.0. The van der Waals surface area contributed by atoms with E-state index in [1.807, 2.05) is 6.92 Å². The predicted molar refractivity (Wildman–Crippen MR) is 157 cm³/mol. The summed E-state index contributed by atoms with van der Waals surface area (Å²) in [6.45, 7) is 11.6. The lowest BCUT2D eigenvalue weighted by Crippen LogP contribution is -2.22. The molecule has 0 bridgehead atoms. The van der Waals surface area contributed by atoms with Crippen LogP contribution in [0.5, 0.6) is 0 Å². The van der Waals surface area contributed by atoms with E-state index >= 15 is 0 Å². The van der Waals surface area contributed by atoms with Crippen molar-refractivity contribution in [1.29, 1.82) is 0 Å². The molecule has 200 valence electrons. The molecule has 0 heterocycles. The van der Waals surface area contributed by atoms with Crippen LogP contribution in [0, 0.1) is 12.8 Å². The number of hydrazine groups is 1. The third kappa shape index (κ3) is 9.83. The minimum absolute atomic E-state index is 0.206. The average Bonchev–Trinajstić information content (AvgIpc) is 2.89. The molecule has 5 N–H and O–H groups in total. The lowest BCUT2D eigenvalue weighted by Gasteiger charge is -2.24. The van der Waals surface area contributed by atoms with E-state index in [0.717, 1.165) is 47.7 Å². The van der Waals surface area contributed by atoms with Gasteiger partial charge >= 0.3 is 0 Å². The van der Waals surface area contributed by atoms with Gasteiger partial charge < -0.3 is 25.5 Å². The Bertz CT molecular complexity index is 1080. The second-order valence-corrected chi connectivity index (χ2v) is 9.37. The van der Waals surface area contributed by atoms with E-state index in [4.69, 9.17) is 10.6 Å². The molecule has 0 fully saturated rings. The number of nitrogens with two attached hydrogens (primary N) is 1. The standard InChI is InChI=1S/C31H44N4O2/c1-7-27(17-19-36)22-35(20-24(3)28-10-8-23(2)9-11-28)21-25(4)34-30-14-12-29(13-15-30)26(5)31(37-6)16-18-33-32/h8-16,18,20-21,27,33-34,36H,7,17,19,22,32H2,1-6H3/b18-16-,24-20+,25-21+,31-26-. The van der Waals surface area contributed by atoms with Gasteiger partial charge in [-0.25, -0.2) is 0 Å². The summed E-state index contributed by atoms with van der Waals surface area (Å²) in [7, 11) is 1.65. The molecular weight excluding hydrogens is 460 g/mol.